The lowest BCUT2D eigenvalue weighted by atomic mass is 9.64. The van der Waals surface area contributed by atoms with Crippen molar-refractivity contribution in [3.63, 3.8) is 0 Å². The molecule has 0 heterocycles. The van der Waals surface area contributed by atoms with Gasteiger partial charge in [-0.15, -0.1) is 0 Å². The van der Waals surface area contributed by atoms with Gasteiger partial charge in [-0.2, -0.15) is 0 Å². The van der Waals surface area contributed by atoms with Gasteiger partial charge in [0.2, 0.25) is 0 Å². The van der Waals surface area contributed by atoms with Gasteiger partial charge in [-0.1, -0.05) is 81.4 Å². The van der Waals surface area contributed by atoms with Crippen LogP contribution < -0.4 is 0 Å². The molecule has 0 aromatic carbocycles. The summed E-state index contributed by atoms with van der Waals surface area (Å²) >= 11 is 0. The molecule has 0 aliphatic heterocycles. The number of hydrogen-bond acceptors (Lipinski definition) is 4. The molecule has 4 nitrogen and oxygen atoms in total. The van der Waals surface area contributed by atoms with E-state index in [2.05, 4.69) is 39.8 Å². The van der Waals surface area contributed by atoms with Crippen molar-refractivity contribution in [3.8, 4) is 0 Å². The van der Waals surface area contributed by atoms with Crippen LogP contribution in [0, 0.1) is 45.3 Å². The second-order valence-electron chi connectivity index (χ2n) is 12.3. The monoisotopic (exact) mass is 406 g/mol. The summed E-state index contributed by atoms with van der Waals surface area (Å²) in [6, 6.07) is 0. The highest BCUT2D eigenvalue weighted by atomic mass is 16.5. The largest absolute Gasteiger partial charge is 0.465 e. The first-order chi connectivity index (χ1) is 13.1. The van der Waals surface area contributed by atoms with Crippen LogP contribution in [-0.2, 0) is 19.1 Å². The predicted octanol–water partition coefficient (Wildman–Crippen LogP) is 5.66. The Morgan fingerprint density at radius 2 is 1.10 bits per heavy atom. The van der Waals surface area contributed by atoms with Gasteiger partial charge in [-0.05, 0) is 29.1 Å². The lowest BCUT2D eigenvalue weighted by Gasteiger charge is -2.40. The number of fused-ring (bicyclic) bond motifs is 2. The summed E-state index contributed by atoms with van der Waals surface area (Å²) in [6.07, 6.45) is 5.21. The molecule has 1 fully saturated rings. The van der Waals surface area contributed by atoms with Gasteiger partial charge in [0.1, 0.15) is 0 Å². The predicted molar refractivity (Wildman–Crippen MR) is 116 cm³/mol. The van der Waals surface area contributed by atoms with E-state index in [-0.39, 0.29) is 45.4 Å². The van der Waals surface area contributed by atoms with E-state index in [9.17, 15) is 9.59 Å². The number of esters is 2. The van der Waals surface area contributed by atoms with Gasteiger partial charge in [0.25, 0.3) is 0 Å². The fraction of sp³-hybridized carbons (Fsp3) is 0.840. The first-order valence-corrected chi connectivity index (χ1v) is 11.1. The van der Waals surface area contributed by atoms with Crippen molar-refractivity contribution in [3.05, 3.63) is 12.2 Å². The zero-order chi connectivity index (χ0) is 22.4. The van der Waals surface area contributed by atoms with E-state index in [1.807, 2.05) is 41.5 Å². The zero-order valence-electron chi connectivity index (χ0n) is 20.2. The van der Waals surface area contributed by atoms with E-state index in [0.717, 1.165) is 6.42 Å². The Bertz CT molecular complexity index is 605. The molecule has 0 amide bonds. The third-order valence-corrected chi connectivity index (χ3v) is 6.76. The van der Waals surface area contributed by atoms with Gasteiger partial charge >= 0.3 is 11.9 Å². The van der Waals surface area contributed by atoms with Crippen molar-refractivity contribution < 1.29 is 19.1 Å². The number of carbonyl (C=O) groups excluding carboxylic acids is 2. The van der Waals surface area contributed by atoms with E-state index in [1.165, 1.54) is 0 Å². The van der Waals surface area contributed by atoms with Crippen molar-refractivity contribution in [2.75, 3.05) is 13.2 Å². The van der Waals surface area contributed by atoms with E-state index in [1.54, 1.807) is 0 Å². The van der Waals surface area contributed by atoms with Crippen LogP contribution >= 0.6 is 0 Å². The van der Waals surface area contributed by atoms with Crippen molar-refractivity contribution in [2.45, 2.75) is 75.7 Å². The Morgan fingerprint density at radius 3 is 1.34 bits per heavy atom. The standard InChI is InChI=1S/C25H42O4/c1-16(2)24-11-12-25(13-24,17(3)4)19(21(27)29-15-23(8,9)10)18(24)20(26)28-14-22(5,6)7/h11-12,16-19H,13-15H2,1-10H3. The summed E-state index contributed by atoms with van der Waals surface area (Å²) in [5.41, 5.74) is -0.951. The minimum atomic E-state index is -0.496. The average Bonchev–Trinajstić information content (AvgIpc) is 3.11. The Labute approximate surface area is 177 Å². The molecule has 2 aliphatic rings. The van der Waals surface area contributed by atoms with Crippen LogP contribution in [0.3, 0.4) is 0 Å². The molecule has 0 N–H and O–H groups in total. The van der Waals surface area contributed by atoms with Gasteiger partial charge in [0.05, 0.1) is 25.0 Å². The number of ether oxygens (including phenoxy) is 2. The van der Waals surface area contributed by atoms with Crippen molar-refractivity contribution in [2.24, 2.45) is 45.3 Å². The molecule has 4 atom stereocenters. The lowest BCUT2D eigenvalue weighted by Crippen LogP contribution is -2.46. The number of carbonyl (C=O) groups is 2. The molecule has 4 unspecified atom stereocenters. The van der Waals surface area contributed by atoms with Crippen LogP contribution in [0.4, 0.5) is 0 Å². The number of hydrogen-bond donors (Lipinski definition) is 0. The molecule has 166 valence electrons. The lowest BCUT2D eigenvalue weighted by molar-refractivity contribution is -0.169. The second-order valence-corrected chi connectivity index (χ2v) is 12.3. The molecule has 2 rings (SSSR count). The van der Waals surface area contributed by atoms with E-state index >= 15 is 0 Å². The SMILES string of the molecule is CC(C)C12C=CC(C(C)C)(C1)C(C(=O)OCC(C)(C)C)C2C(=O)OCC(C)(C)C. The second kappa shape index (κ2) is 7.74. The summed E-state index contributed by atoms with van der Waals surface area (Å²) in [5.74, 6) is -1.04. The fourth-order valence-corrected chi connectivity index (χ4v) is 4.98. The van der Waals surface area contributed by atoms with Crippen LogP contribution in [0.2, 0.25) is 0 Å². The molecule has 2 bridgehead atoms. The van der Waals surface area contributed by atoms with Gasteiger partial charge in [-0.3, -0.25) is 9.59 Å². The molecule has 4 heteroatoms. The highest BCUT2D eigenvalue weighted by molar-refractivity contribution is 5.86. The van der Waals surface area contributed by atoms with Gasteiger partial charge in [0.15, 0.2) is 0 Å². The zero-order valence-corrected chi connectivity index (χ0v) is 20.2. The van der Waals surface area contributed by atoms with E-state index in [4.69, 9.17) is 9.47 Å². The highest BCUT2D eigenvalue weighted by Gasteiger charge is 2.69. The molecule has 0 aromatic heterocycles. The van der Waals surface area contributed by atoms with Crippen molar-refractivity contribution in [1.82, 2.24) is 0 Å². The van der Waals surface area contributed by atoms with E-state index in [0.29, 0.717) is 13.2 Å². The minimum absolute atomic E-state index is 0.119. The molecule has 2 aliphatic carbocycles. The molecule has 0 saturated heterocycles. The topological polar surface area (TPSA) is 52.6 Å². The van der Waals surface area contributed by atoms with Gasteiger partial charge in [0, 0.05) is 10.8 Å². The summed E-state index contributed by atoms with van der Waals surface area (Å²) in [5, 5.41) is 0. The number of allylic oxidation sites excluding steroid dienone is 2. The molecule has 1 saturated carbocycles. The summed E-state index contributed by atoms with van der Waals surface area (Å²) < 4.78 is 11.6. The first kappa shape index (κ1) is 24.0. The quantitative estimate of drug-likeness (QED) is 0.422. The van der Waals surface area contributed by atoms with Crippen LogP contribution in [0.25, 0.3) is 0 Å². The minimum Gasteiger partial charge on any atom is -0.465 e. The maximum Gasteiger partial charge on any atom is 0.310 e. The van der Waals surface area contributed by atoms with E-state index < -0.39 is 11.8 Å². The van der Waals surface area contributed by atoms with Gasteiger partial charge in [-0.25, -0.2) is 0 Å². The Morgan fingerprint density at radius 1 is 0.793 bits per heavy atom. The summed E-state index contributed by atoms with van der Waals surface area (Å²) in [6.45, 7) is 21.6. The molecule has 0 radical (unpaired) electrons. The fourth-order valence-electron chi connectivity index (χ4n) is 4.98. The smallest absolute Gasteiger partial charge is 0.310 e. The molecule has 29 heavy (non-hydrogen) atoms. The molecular formula is C25H42O4. The molecular weight excluding hydrogens is 364 g/mol. The summed E-state index contributed by atoms with van der Waals surface area (Å²) in [4.78, 5) is 26.8. The van der Waals surface area contributed by atoms with Crippen LogP contribution in [0.5, 0.6) is 0 Å². The maximum atomic E-state index is 13.4. The third-order valence-electron chi connectivity index (χ3n) is 6.76. The number of rotatable bonds is 6. The maximum absolute atomic E-state index is 13.4. The summed E-state index contributed by atoms with van der Waals surface area (Å²) in [7, 11) is 0. The first-order valence-electron chi connectivity index (χ1n) is 11.1. The third kappa shape index (κ3) is 4.56. The van der Waals surface area contributed by atoms with Crippen molar-refractivity contribution >= 4 is 11.9 Å². The van der Waals surface area contributed by atoms with Crippen LogP contribution in [-0.4, -0.2) is 25.2 Å². The van der Waals surface area contributed by atoms with Crippen LogP contribution in [0.1, 0.15) is 75.7 Å². The Kier molecular flexibility index (Phi) is 6.39. The molecule has 0 spiro atoms. The molecule has 0 aromatic rings. The highest BCUT2D eigenvalue weighted by Crippen LogP contribution is 2.69. The Hall–Kier alpha value is -1.32. The average molecular weight is 407 g/mol. The Balaban J connectivity index is 2.45. The van der Waals surface area contributed by atoms with Crippen molar-refractivity contribution in [1.29, 1.82) is 0 Å². The van der Waals surface area contributed by atoms with Gasteiger partial charge < -0.3 is 9.47 Å². The normalized spacial score (nSPS) is 31.6. The van der Waals surface area contributed by atoms with Crippen LogP contribution in [0.15, 0.2) is 12.2 Å².